The number of hydrogen-bond donors (Lipinski definition) is 2. The minimum absolute atomic E-state index is 0.713. The lowest BCUT2D eigenvalue weighted by atomic mass is 9.89. The topological polar surface area (TPSA) is 24.1 Å². The second-order valence-corrected chi connectivity index (χ2v) is 6.03. The van der Waals surface area contributed by atoms with Crippen molar-refractivity contribution >= 4 is 0 Å². The summed E-state index contributed by atoms with van der Waals surface area (Å²) in [5, 5.41) is 7.44. The van der Waals surface area contributed by atoms with Gasteiger partial charge in [0.15, 0.2) is 0 Å². The Morgan fingerprint density at radius 2 is 2.20 bits per heavy atom. The van der Waals surface area contributed by atoms with Crippen LogP contribution in [0.1, 0.15) is 45.4 Å². The van der Waals surface area contributed by atoms with E-state index in [4.69, 9.17) is 0 Å². The second kappa shape index (κ2) is 3.74. The van der Waals surface area contributed by atoms with Gasteiger partial charge in [-0.3, -0.25) is 0 Å². The molecule has 0 aromatic carbocycles. The molecule has 3 aliphatic rings. The van der Waals surface area contributed by atoms with E-state index in [1.54, 1.807) is 0 Å². The summed E-state index contributed by atoms with van der Waals surface area (Å²) in [6, 6.07) is 1.71. The first kappa shape index (κ1) is 10.1. The van der Waals surface area contributed by atoms with Crippen LogP contribution in [0.15, 0.2) is 0 Å². The predicted octanol–water partition coefficient (Wildman–Crippen LogP) is 1.91. The van der Waals surface area contributed by atoms with E-state index < -0.39 is 0 Å². The highest BCUT2D eigenvalue weighted by atomic mass is 15.0. The van der Waals surface area contributed by atoms with Crippen LogP contribution in [0.2, 0.25) is 0 Å². The zero-order chi connectivity index (χ0) is 10.3. The van der Waals surface area contributed by atoms with E-state index in [1.165, 1.54) is 51.6 Å². The van der Waals surface area contributed by atoms with Crippen LogP contribution in [0.3, 0.4) is 0 Å². The first-order valence-electron chi connectivity index (χ1n) is 6.78. The third kappa shape index (κ3) is 1.94. The van der Waals surface area contributed by atoms with Crippen molar-refractivity contribution < 1.29 is 0 Å². The molecule has 2 aliphatic heterocycles. The van der Waals surface area contributed by atoms with E-state index in [2.05, 4.69) is 17.6 Å². The Kier molecular flexibility index (Phi) is 2.52. The van der Waals surface area contributed by atoms with Crippen LogP contribution in [-0.2, 0) is 0 Å². The molecule has 0 spiro atoms. The van der Waals surface area contributed by atoms with Crippen molar-refractivity contribution in [1.29, 1.82) is 0 Å². The van der Waals surface area contributed by atoms with E-state index in [0.29, 0.717) is 5.41 Å². The van der Waals surface area contributed by atoms with E-state index in [1.807, 2.05) is 0 Å². The van der Waals surface area contributed by atoms with E-state index in [-0.39, 0.29) is 0 Å². The van der Waals surface area contributed by atoms with Crippen molar-refractivity contribution in [2.75, 3.05) is 13.1 Å². The van der Waals surface area contributed by atoms with Gasteiger partial charge in [-0.15, -0.1) is 0 Å². The molecule has 3 atom stereocenters. The molecule has 2 saturated heterocycles. The zero-order valence-electron chi connectivity index (χ0n) is 9.89. The molecular formula is C13H24N2. The molecule has 3 fully saturated rings. The van der Waals surface area contributed by atoms with Gasteiger partial charge in [0.25, 0.3) is 0 Å². The molecule has 2 nitrogen and oxygen atoms in total. The molecule has 2 heteroatoms. The number of rotatable bonds is 5. The molecule has 3 rings (SSSR count). The Hall–Kier alpha value is -0.0800. The molecule has 0 aromatic heterocycles. The van der Waals surface area contributed by atoms with Gasteiger partial charge < -0.3 is 10.6 Å². The standard InChI is InChI=1S/C13H24N2/c1-2-13(5-6-13)9-14-8-10-7-11-3-4-12(10)15-11/h10-12,14-15H,2-9H2,1H3. The van der Waals surface area contributed by atoms with Crippen molar-refractivity contribution in [2.24, 2.45) is 11.3 Å². The molecule has 2 bridgehead atoms. The smallest absolute Gasteiger partial charge is 0.0111 e. The Bertz CT molecular complexity index is 235. The number of hydrogen-bond acceptors (Lipinski definition) is 2. The average molecular weight is 208 g/mol. The quantitative estimate of drug-likeness (QED) is 0.721. The van der Waals surface area contributed by atoms with Crippen molar-refractivity contribution in [3.8, 4) is 0 Å². The molecule has 3 unspecified atom stereocenters. The number of fused-ring (bicyclic) bond motifs is 2. The minimum Gasteiger partial charge on any atom is -0.316 e. The first-order valence-corrected chi connectivity index (χ1v) is 6.78. The summed E-state index contributed by atoms with van der Waals surface area (Å²) in [5.41, 5.74) is 0.713. The van der Waals surface area contributed by atoms with E-state index in [9.17, 15) is 0 Å². The van der Waals surface area contributed by atoms with Gasteiger partial charge in [0.05, 0.1) is 0 Å². The molecule has 2 heterocycles. The summed E-state index contributed by atoms with van der Waals surface area (Å²) in [4.78, 5) is 0. The summed E-state index contributed by atoms with van der Waals surface area (Å²) in [6.07, 6.45) is 8.58. The SMILES string of the molecule is CCC1(CNCC2CC3CCC2N3)CC1. The van der Waals surface area contributed by atoms with Crippen LogP contribution < -0.4 is 10.6 Å². The van der Waals surface area contributed by atoms with Gasteiger partial charge >= 0.3 is 0 Å². The maximum absolute atomic E-state index is 3.73. The summed E-state index contributed by atoms with van der Waals surface area (Å²) in [6.45, 7) is 4.88. The average Bonchev–Trinajstić information content (AvgIpc) is 2.73. The largest absolute Gasteiger partial charge is 0.316 e. The van der Waals surface area contributed by atoms with Crippen LogP contribution in [-0.4, -0.2) is 25.2 Å². The lowest BCUT2D eigenvalue weighted by Crippen LogP contribution is -2.34. The van der Waals surface area contributed by atoms with Crippen molar-refractivity contribution in [3.63, 3.8) is 0 Å². The third-order valence-corrected chi connectivity index (χ3v) is 5.05. The maximum atomic E-state index is 3.73. The van der Waals surface area contributed by atoms with Gasteiger partial charge in [0.2, 0.25) is 0 Å². The van der Waals surface area contributed by atoms with Gasteiger partial charge in [0.1, 0.15) is 0 Å². The van der Waals surface area contributed by atoms with E-state index >= 15 is 0 Å². The fourth-order valence-corrected chi connectivity index (χ4v) is 3.52. The molecular weight excluding hydrogens is 184 g/mol. The van der Waals surface area contributed by atoms with Crippen LogP contribution in [0.5, 0.6) is 0 Å². The predicted molar refractivity (Wildman–Crippen MR) is 62.9 cm³/mol. The summed E-state index contributed by atoms with van der Waals surface area (Å²) >= 11 is 0. The zero-order valence-corrected chi connectivity index (χ0v) is 9.89. The number of nitrogens with one attached hydrogen (secondary N) is 2. The maximum Gasteiger partial charge on any atom is 0.0111 e. The molecule has 1 aliphatic carbocycles. The second-order valence-electron chi connectivity index (χ2n) is 6.03. The monoisotopic (exact) mass is 208 g/mol. The third-order valence-electron chi connectivity index (χ3n) is 5.05. The van der Waals surface area contributed by atoms with Crippen molar-refractivity contribution in [2.45, 2.75) is 57.5 Å². The first-order chi connectivity index (χ1) is 7.31. The van der Waals surface area contributed by atoms with Gasteiger partial charge in [0, 0.05) is 18.6 Å². The van der Waals surface area contributed by atoms with Crippen molar-refractivity contribution in [1.82, 2.24) is 10.6 Å². The molecule has 0 aromatic rings. The fraction of sp³-hybridized carbons (Fsp3) is 1.00. The minimum atomic E-state index is 0.713. The van der Waals surface area contributed by atoms with Crippen LogP contribution in [0, 0.1) is 11.3 Å². The Morgan fingerprint density at radius 3 is 2.73 bits per heavy atom. The molecule has 15 heavy (non-hydrogen) atoms. The molecule has 86 valence electrons. The Balaban J connectivity index is 1.40. The molecule has 1 saturated carbocycles. The van der Waals surface area contributed by atoms with Gasteiger partial charge in [-0.2, -0.15) is 0 Å². The molecule has 0 radical (unpaired) electrons. The van der Waals surface area contributed by atoms with Crippen molar-refractivity contribution in [3.05, 3.63) is 0 Å². The highest BCUT2D eigenvalue weighted by Gasteiger charge is 2.41. The molecule has 2 N–H and O–H groups in total. The highest BCUT2D eigenvalue weighted by Crippen LogP contribution is 2.47. The highest BCUT2D eigenvalue weighted by molar-refractivity contribution is 4.99. The van der Waals surface area contributed by atoms with Crippen LogP contribution >= 0.6 is 0 Å². The van der Waals surface area contributed by atoms with Gasteiger partial charge in [-0.25, -0.2) is 0 Å². The molecule has 0 amide bonds. The Morgan fingerprint density at radius 1 is 1.33 bits per heavy atom. The summed E-state index contributed by atoms with van der Waals surface area (Å²) < 4.78 is 0. The lowest BCUT2D eigenvalue weighted by Gasteiger charge is -2.22. The summed E-state index contributed by atoms with van der Waals surface area (Å²) in [7, 11) is 0. The summed E-state index contributed by atoms with van der Waals surface area (Å²) in [5.74, 6) is 0.927. The normalized spacial score (nSPS) is 41.0. The van der Waals surface area contributed by atoms with Gasteiger partial charge in [-0.1, -0.05) is 6.92 Å². The lowest BCUT2D eigenvalue weighted by molar-refractivity contribution is 0.356. The fourth-order valence-electron chi connectivity index (χ4n) is 3.52. The van der Waals surface area contributed by atoms with Gasteiger partial charge in [-0.05, 0) is 56.4 Å². The Labute approximate surface area is 93.2 Å². The van der Waals surface area contributed by atoms with Crippen LogP contribution in [0.25, 0.3) is 0 Å². The van der Waals surface area contributed by atoms with E-state index in [0.717, 1.165) is 18.0 Å². The van der Waals surface area contributed by atoms with Crippen LogP contribution in [0.4, 0.5) is 0 Å².